The molecule has 0 aliphatic rings. The first-order chi connectivity index (χ1) is 12.2. The lowest BCUT2D eigenvalue weighted by Gasteiger charge is -2.13. The summed E-state index contributed by atoms with van der Waals surface area (Å²) in [7, 11) is 1.98. The minimum atomic E-state index is -0.0710. The van der Waals surface area contributed by atoms with Crippen LogP contribution >= 0.6 is 0 Å². The number of rotatable bonds is 3. The molecule has 25 heavy (non-hydrogen) atoms. The largest absolute Gasteiger partial charge is 0.457 e. The molecule has 0 unspecified atom stereocenters. The summed E-state index contributed by atoms with van der Waals surface area (Å²) in [5, 5.41) is 1.64. The summed E-state index contributed by atoms with van der Waals surface area (Å²) in [6, 6.07) is 19.5. The van der Waals surface area contributed by atoms with E-state index in [9.17, 15) is 4.79 Å². The lowest BCUT2D eigenvalue weighted by atomic mass is 10.1. The number of pyridine rings is 1. The van der Waals surface area contributed by atoms with Crippen LogP contribution in [0.5, 0.6) is 11.5 Å². The maximum absolute atomic E-state index is 12.3. The van der Waals surface area contributed by atoms with Crippen molar-refractivity contribution in [1.82, 2.24) is 9.55 Å². The van der Waals surface area contributed by atoms with Crippen LogP contribution in [0.1, 0.15) is 5.69 Å². The highest BCUT2D eigenvalue weighted by Gasteiger charge is 2.18. The molecule has 0 saturated heterocycles. The number of fused-ring (bicyclic) bond motifs is 1. The van der Waals surface area contributed by atoms with Crippen molar-refractivity contribution in [2.75, 3.05) is 0 Å². The molecule has 0 fully saturated rings. The second-order valence-corrected chi connectivity index (χ2v) is 6.00. The fraction of sp³-hybridized carbons (Fsp3) is 0.0952. The molecule has 0 atom stereocenters. The summed E-state index contributed by atoms with van der Waals surface area (Å²) in [6.07, 6.45) is 1.69. The zero-order valence-electron chi connectivity index (χ0n) is 14.1. The first kappa shape index (κ1) is 15.3. The van der Waals surface area contributed by atoms with Gasteiger partial charge in [-0.3, -0.25) is 4.79 Å². The maximum Gasteiger partial charge on any atom is 0.257 e. The molecule has 2 heterocycles. The van der Waals surface area contributed by atoms with Crippen molar-refractivity contribution >= 4 is 10.8 Å². The third-order valence-electron chi connectivity index (χ3n) is 4.53. The SMILES string of the molecule is Cc1c2c(=O)[nH]ccc2c(-c2ccccc2Oc2ccccc2)n1C. The Balaban J connectivity index is 1.95. The molecule has 4 aromatic rings. The molecule has 1 N–H and O–H groups in total. The van der Waals surface area contributed by atoms with Crippen molar-refractivity contribution in [2.24, 2.45) is 7.05 Å². The van der Waals surface area contributed by atoms with E-state index in [1.165, 1.54) is 0 Å². The zero-order valence-corrected chi connectivity index (χ0v) is 14.1. The second kappa shape index (κ2) is 5.98. The van der Waals surface area contributed by atoms with Gasteiger partial charge in [0.05, 0.1) is 11.1 Å². The molecule has 0 saturated carbocycles. The van der Waals surface area contributed by atoms with Gasteiger partial charge >= 0.3 is 0 Å². The van der Waals surface area contributed by atoms with E-state index in [0.717, 1.165) is 39.2 Å². The highest BCUT2D eigenvalue weighted by Crippen LogP contribution is 2.38. The summed E-state index contributed by atoms with van der Waals surface area (Å²) < 4.78 is 8.16. The molecule has 0 aliphatic carbocycles. The van der Waals surface area contributed by atoms with Crippen LogP contribution in [0.15, 0.2) is 71.7 Å². The number of aromatic nitrogens is 2. The third kappa shape index (κ3) is 2.52. The lowest BCUT2D eigenvalue weighted by molar-refractivity contribution is 0.484. The molecule has 4 heteroatoms. The molecule has 124 valence electrons. The first-order valence-corrected chi connectivity index (χ1v) is 8.16. The average molecular weight is 330 g/mol. The van der Waals surface area contributed by atoms with Crippen LogP contribution in [0.4, 0.5) is 0 Å². The highest BCUT2D eigenvalue weighted by molar-refractivity contribution is 5.98. The maximum atomic E-state index is 12.3. The van der Waals surface area contributed by atoms with E-state index >= 15 is 0 Å². The Labute approximate surface area is 145 Å². The number of aryl methyl sites for hydroxylation is 1. The average Bonchev–Trinajstić information content (AvgIpc) is 2.89. The Bertz CT molecular complexity index is 1110. The Hall–Kier alpha value is -3.27. The van der Waals surface area contributed by atoms with Crippen LogP contribution < -0.4 is 10.3 Å². The smallest absolute Gasteiger partial charge is 0.257 e. The van der Waals surface area contributed by atoms with E-state index in [0.29, 0.717) is 0 Å². The molecule has 2 aromatic heterocycles. The molecule has 0 radical (unpaired) electrons. The summed E-state index contributed by atoms with van der Waals surface area (Å²) in [6.45, 7) is 1.96. The van der Waals surface area contributed by atoms with Gasteiger partial charge in [-0.15, -0.1) is 0 Å². The van der Waals surface area contributed by atoms with Gasteiger partial charge in [-0.2, -0.15) is 0 Å². The molecular weight excluding hydrogens is 312 g/mol. The molecule has 2 aromatic carbocycles. The molecular formula is C21H18N2O2. The van der Waals surface area contributed by atoms with Crippen LogP contribution in [0.25, 0.3) is 22.0 Å². The molecule has 4 rings (SSSR count). The Morgan fingerprint density at radius 3 is 2.48 bits per heavy atom. The van der Waals surface area contributed by atoms with E-state index in [-0.39, 0.29) is 5.56 Å². The van der Waals surface area contributed by atoms with Crippen molar-refractivity contribution < 1.29 is 4.74 Å². The number of ether oxygens (including phenoxy) is 1. The topological polar surface area (TPSA) is 47.0 Å². The summed E-state index contributed by atoms with van der Waals surface area (Å²) >= 11 is 0. The van der Waals surface area contributed by atoms with Crippen molar-refractivity contribution in [2.45, 2.75) is 6.92 Å². The second-order valence-electron chi connectivity index (χ2n) is 6.00. The van der Waals surface area contributed by atoms with Crippen LogP contribution in [0.3, 0.4) is 0 Å². The number of para-hydroxylation sites is 2. The number of nitrogens with zero attached hydrogens (tertiary/aromatic N) is 1. The quantitative estimate of drug-likeness (QED) is 0.595. The molecule has 0 bridgehead atoms. The first-order valence-electron chi connectivity index (χ1n) is 8.16. The standard InChI is InChI=1S/C21H18N2O2/c1-14-19-17(12-13-22-21(19)24)20(23(14)2)16-10-6-7-11-18(16)25-15-8-4-3-5-9-15/h3-13H,1-2H3,(H,22,24). The predicted molar refractivity (Wildman–Crippen MR) is 100 cm³/mol. The Morgan fingerprint density at radius 2 is 1.68 bits per heavy atom. The lowest BCUT2D eigenvalue weighted by Crippen LogP contribution is -2.04. The highest BCUT2D eigenvalue weighted by atomic mass is 16.5. The van der Waals surface area contributed by atoms with Crippen LogP contribution in [0.2, 0.25) is 0 Å². The van der Waals surface area contributed by atoms with Gasteiger partial charge in [0.15, 0.2) is 0 Å². The normalized spacial score (nSPS) is 11.0. The van der Waals surface area contributed by atoms with Crippen molar-refractivity contribution in [1.29, 1.82) is 0 Å². The summed E-state index contributed by atoms with van der Waals surface area (Å²) in [5.74, 6) is 1.54. The van der Waals surface area contributed by atoms with Crippen molar-refractivity contribution in [3.05, 3.63) is 82.9 Å². The number of benzene rings is 2. The van der Waals surface area contributed by atoms with E-state index in [2.05, 4.69) is 4.98 Å². The minimum absolute atomic E-state index is 0.0710. The van der Waals surface area contributed by atoms with E-state index in [1.807, 2.05) is 79.2 Å². The summed E-state index contributed by atoms with van der Waals surface area (Å²) in [5.41, 5.74) is 2.79. The Morgan fingerprint density at radius 1 is 0.960 bits per heavy atom. The fourth-order valence-electron chi connectivity index (χ4n) is 3.24. The van der Waals surface area contributed by atoms with Gasteiger partial charge < -0.3 is 14.3 Å². The van der Waals surface area contributed by atoms with Gasteiger partial charge in [-0.1, -0.05) is 30.3 Å². The third-order valence-corrected chi connectivity index (χ3v) is 4.53. The molecule has 0 amide bonds. The van der Waals surface area contributed by atoms with Crippen LogP contribution in [-0.4, -0.2) is 9.55 Å². The van der Waals surface area contributed by atoms with E-state index in [1.54, 1.807) is 6.20 Å². The predicted octanol–water partition coefficient (Wildman–Crippen LogP) is 4.63. The number of hydrogen-bond acceptors (Lipinski definition) is 2. The van der Waals surface area contributed by atoms with Crippen LogP contribution in [-0.2, 0) is 7.05 Å². The zero-order chi connectivity index (χ0) is 17.4. The molecule has 0 aliphatic heterocycles. The van der Waals surface area contributed by atoms with Gasteiger partial charge in [0.1, 0.15) is 11.5 Å². The van der Waals surface area contributed by atoms with Crippen molar-refractivity contribution in [3.8, 4) is 22.8 Å². The molecule has 0 spiro atoms. The van der Waals surface area contributed by atoms with Gasteiger partial charge in [0, 0.05) is 29.9 Å². The summed E-state index contributed by atoms with van der Waals surface area (Å²) in [4.78, 5) is 15.0. The Kier molecular flexibility index (Phi) is 3.65. The fourth-order valence-corrected chi connectivity index (χ4v) is 3.24. The molecule has 4 nitrogen and oxygen atoms in total. The number of aromatic amines is 1. The van der Waals surface area contributed by atoms with Gasteiger partial charge in [0.25, 0.3) is 5.56 Å². The van der Waals surface area contributed by atoms with Gasteiger partial charge in [-0.05, 0) is 37.3 Å². The number of H-pyrrole nitrogens is 1. The monoisotopic (exact) mass is 330 g/mol. The van der Waals surface area contributed by atoms with Gasteiger partial charge in [0.2, 0.25) is 0 Å². The van der Waals surface area contributed by atoms with E-state index in [4.69, 9.17) is 4.74 Å². The van der Waals surface area contributed by atoms with Gasteiger partial charge in [-0.25, -0.2) is 0 Å². The van der Waals surface area contributed by atoms with Crippen molar-refractivity contribution in [3.63, 3.8) is 0 Å². The number of hydrogen-bond donors (Lipinski definition) is 1. The minimum Gasteiger partial charge on any atom is -0.457 e. The van der Waals surface area contributed by atoms with E-state index < -0.39 is 0 Å². The van der Waals surface area contributed by atoms with Crippen LogP contribution in [0, 0.1) is 6.92 Å². The number of nitrogens with one attached hydrogen (secondary N) is 1.